The third kappa shape index (κ3) is 6.39. The summed E-state index contributed by atoms with van der Waals surface area (Å²) in [6.07, 6.45) is 0.113. The van der Waals surface area contributed by atoms with Gasteiger partial charge >= 0.3 is 6.09 Å². The molecule has 1 aromatic heterocycles. The number of pyridine rings is 1. The molecule has 4 heterocycles. The number of carbonyl (C=O) groups is 2. The van der Waals surface area contributed by atoms with Crippen LogP contribution in [0.4, 0.5) is 15.0 Å². The Balaban J connectivity index is 1.60. The minimum Gasteiger partial charge on any atom is -0.489 e. The van der Waals surface area contributed by atoms with Crippen LogP contribution in [0.2, 0.25) is 5.02 Å². The third-order valence-electron chi connectivity index (χ3n) is 7.64. The van der Waals surface area contributed by atoms with Crippen LogP contribution in [0.25, 0.3) is 11.3 Å². The number of benzene rings is 1. The summed E-state index contributed by atoms with van der Waals surface area (Å²) in [7, 11) is -3.76. The Labute approximate surface area is 256 Å². The predicted molar refractivity (Wildman–Crippen MR) is 159 cm³/mol. The zero-order valence-corrected chi connectivity index (χ0v) is 26.6. The zero-order chi connectivity index (χ0) is 31.5. The Bertz CT molecular complexity index is 1560. The lowest BCUT2D eigenvalue weighted by atomic mass is 10.00. The summed E-state index contributed by atoms with van der Waals surface area (Å²) in [5, 5.41) is -0.0259. The molecular weight excluding hydrogens is 603 g/mol. The summed E-state index contributed by atoms with van der Waals surface area (Å²) < 4.78 is 56.1. The van der Waals surface area contributed by atoms with Crippen LogP contribution in [0.15, 0.2) is 24.3 Å². The molecule has 0 bridgehead atoms. The van der Waals surface area contributed by atoms with Gasteiger partial charge in [-0.2, -0.15) is 8.42 Å². The van der Waals surface area contributed by atoms with Crippen LogP contribution in [-0.2, 0) is 19.0 Å². The van der Waals surface area contributed by atoms with Crippen molar-refractivity contribution in [3.63, 3.8) is 0 Å². The van der Waals surface area contributed by atoms with E-state index in [1.54, 1.807) is 47.6 Å². The summed E-state index contributed by atoms with van der Waals surface area (Å²) in [6, 6.07) is 5.49. The minimum atomic E-state index is -3.76. The number of piperazine rings is 1. The predicted octanol–water partition coefficient (Wildman–Crippen LogP) is 4.33. The van der Waals surface area contributed by atoms with Crippen molar-refractivity contribution in [1.29, 1.82) is 0 Å². The van der Waals surface area contributed by atoms with Gasteiger partial charge in [-0.05, 0) is 53.2 Å². The number of fused-ring (bicyclic) bond motifs is 2. The summed E-state index contributed by atoms with van der Waals surface area (Å²) in [5.74, 6) is -0.736. The minimum absolute atomic E-state index is 0.0150. The van der Waals surface area contributed by atoms with E-state index >= 15 is 4.39 Å². The van der Waals surface area contributed by atoms with Gasteiger partial charge in [0.15, 0.2) is 5.75 Å². The summed E-state index contributed by atoms with van der Waals surface area (Å²) in [4.78, 5) is 36.9. The highest BCUT2D eigenvalue weighted by molar-refractivity contribution is 7.86. The molecule has 2 amide bonds. The van der Waals surface area contributed by atoms with Crippen molar-refractivity contribution in [2.45, 2.75) is 64.3 Å². The molecule has 2 saturated heterocycles. The van der Waals surface area contributed by atoms with Crippen molar-refractivity contribution in [3.8, 4) is 17.0 Å². The molecule has 5 rings (SSSR count). The molecule has 0 aliphatic carbocycles. The standard InChI is InChI=1S/C29H36ClFN4O7S/c1-28(2,3)41-27(37)33-11-12-34-17(14-33)16-40-24-21(26(34)36)25(32-23(22(24)30)19-9-7-8-10-20(19)31)35-15-18(13-29(35,4)5)42-43(6,38)39/h7-10,17-18H,11-16H2,1-6H3/t17-,18+/m1/s1. The zero-order valence-electron chi connectivity index (χ0n) is 25.0. The van der Waals surface area contributed by atoms with E-state index in [0.717, 1.165) is 6.26 Å². The molecule has 14 heteroatoms. The van der Waals surface area contributed by atoms with Gasteiger partial charge in [0.1, 0.15) is 34.4 Å². The summed E-state index contributed by atoms with van der Waals surface area (Å²) in [6.45, 7) is 9.86. The quantitative estimate of drug-likeness (QED) is 0.451. The van der Waals surface area contributed by atoms with Crippen LogP contribution in [0, 0.1) is 5.82 Å². The molecule has 3 aliphatic rings. The average Bonchev–Trinajstić information content (AvgIpc) is 3.09. The first-order valence-corrected chi connectivity index (χ1v) is 16.2. The van der Waals surface area contributed by atoms with Crippen LogP contribution >= 0.6 is 11.6 Å². The smallest absolute Gasteiger partial charge is 0.410 e. The van der Waals surface area contributed by atoms with E-state index in [0.29, 0.717) is 6.42 Å². The van der Waals surface area contributed by atoms with E-state index < -0.39 is 51.2 Å². The Morgan fingerprint density at radius 3 is 2.53 bits per heavy atom. The largest absolute Gasteiger partial charge is 0.489 e. The molecule has 3 aliphatic heterocycles. The number of hydrogen-bond acceptors (Lipinski definition) is 9. The van der Waals surface area contributed by atoms with Crippen molar-refractivity contribution in [2.24, 2.45) is 0 Å². The van der Waals surface area contributed by atoms with Crippen LogP contribution in [0.5, 0.6) is 5.75 Å². The molecule has 0 spiro atoms. The van der Waals surface area contributed by atoms with Crippen molar-refractivity contribution in [2.75, 3.05) is 43.9 Å². The van der Waals surface area contributed by atoms with Gasteiger partial charge < -0.3 is 24.2 Å². The Hall–Kier alpha value is -3.16. The summed E-state index contributed by atoms with van der Waals surface area (Å²) in [5.41, 5.74) is -1.10. The van der Waals surface area contributed by atoms with E-state index in [1.165, 1.54) is 12.1 Å². The molecule has 1 aromatic carbocycles. The first kappa shape index (κ1) is 31.3. The number of halogens is 2. The molecule has 2 fully saturated rings. The molecule has 0 radical (unpaired) electrons. The second-order valence-corrected chi connectivity index (χ2v) is 14.7. The summed E-state index contributed by atoms with van der Waals surface area (Å²) >= 11 is 6.85. The molecule has 0 unspecified atom stereocenters. The van der Waals surface area contributed by atoms with E-state index in [2.05, 4.69) is 0 Å². The third-order valence-corrected chi connectivity index (χ3v) is 8.62. The lowest BCUT2D eigenvalue weighted by Crippen LogP contribution is -2.58. The van der Waals surface area contributed by atoms with Crippen LogP contribution in [0.1, 0.15) is 51.4 Å². The highest BCUT2D eigenvalue weighted by Gasteiger charge is 2.46. The fraction of sp³-hybridized carbons (Fsp3) is 0.552. The average molecular weight is 639 g/mol. The highest BCUT2D eigenvalue weighted by Crippen LogP contribution is 2.47. The molecule has 2 aromatic rings. The number of aromatic nitrogens is 1. The number of carbonyl (C=O) groups excluding carboxylic acids is 2. The highest BCUT2D eigenvalue weighted by atomic mass is 35.5. The van der Waals surface area contributed by atoms with E-state index in [1.807, 2.05) is 13.8 Å². The molecule has 0 saturated carbocycles. The maximum atomic E-state index is 15.1. The van der Waals surface area contributed by atoms with E-state index in [-0.39, 0.29) is 66.2 Å². The first-order valence-electron chi connectivity index (χ1n) is 14.0. The van der Waals surface area contributed by atoms with Crippen molar-refractivity contribution < 1.29 is 36.1 Å². The van der Waals surface area contributed by atoms with E-state index in [9.17, 15) is 18.0 Å². The number of anilines is 1. The first-order chi connectivity index (χ1) is 19.9. The lowest BCUT2D eigenvalue weighted by molar-refractivity contribution is 0.000951. The second kappa shape index (κ2) is 11.1. The number of rotatable bonds is 4. The van der Waals surface area contributed by atoms with Gasteiger partial charge in [0.05, 0.1) is 24.1 Å². The van der Waals surface area contributed by atoms with Crippen LogP contribution in [-0.4, -0.2) is 97.5 Å². The Kier molecular flexibility index (Phi) is 8.06. The van der Waals surface area contributed by atoms with Gasteiger partial charge in [-0.25, -0.2) is 14.2 Å². The van der Waals surface area contributed by atoms with Crippen LogP contribution in [0.3, 0.4) is 0 Å². The van der Waals surface area contributed by atoms with Crippen molar-refractivity contribution in [3.05, 3.63) is 40.7 Å². The second-order valence-electron chi connectivity index (χ2n) is 12.7. The van der Waals surface area contributed by atoms with Gasteiger partial charge in [0.25, 0.3) is 16.0 Å². The van der Waals surface area contributed by atoms with Crippen molar-refractivity contribution in [1.82, 2.24) is 14.8 Å². The Morgan fingerprint density at radius 1 is 1.19 bits per heavy atom. The number of ether oxygens (including phenoxy) is 2. The molecule has 234 valence electrons. The normalized spacial score (nSPS) is 22.0. The van der Waals surface area contributed by atoms with Gasteiger partial charge in [-0.15, -0.1) is 0 Å². The monoisotopic (exact) mass is 638 g/mol. The molecular formula is C29H36ClFN4O7S. The Morgan fingerprint density at radius 2 is 1.88 bits per heavy atom. The molecule has 0 N–H and O–H groups in total. The molecule has 11 nitrogen and oxygen atoms in total. The van der Waals surface area contributed by atoms with Crippen LogP contribution < -0.4 is 9.64 Å². The number of nitrogens with zero attached hydrogens (tertiary/aromatic N) is 4. The molecule has 43 heavy (non-hydrogen) atoms. The number of amides is 2. The maximum absolute atomic E-state index is 15.1. The van der Waals surface area contributed by atoms with Gasteiger partial charge in [0.2, 0.25) is 0 Å². The topological polar surface area (TPSA) is 119 Å². The van der Waals surface area contributed by atoms with Gasteiger partial charge in [-0.1, -0.05) is 23.7 Å². The SMILES string of the molecule is CC(C)(C)OC(=O)N1CCN2C(=O)c3c(N4C[C@@H](OS(C)(=O)=O)CC4(C)C)nc(-c4ccccc4F)c(Cl)c3OC[C@H]2C1. The molecule has 2 atom stereocenters. The fourth-order valence-corrected chi connectivity index (χ4v) is 6.75. The fourth-order valence-electron chi connectivity index (χ4n) is 5.83. The number of hydrogen-bond donors (Lipinski definition) is 0. The maximum Gasteiger partial charge on any atom is 0.410 e. The lowest BCUT2D eigenvalue weighted by Gasteiger charge is -2.40. The van der Waals surface area contributed by atoms with Gasteiger partial charge in [-0.3, -0.25) is 8.98 Å². The van der Waals surface area contributed by atoms with E-state index in [4.69, 9.17) is 30.2 Å². The van der Waals surface area contributed by atoms with Crippen molar-refractivity contribution >= 4 is 39.5 Å². The van der Waals surface area contributed by atoms with Gasteiger partial charge in [0, 0.05) is 37.3 Å².